The molecule has 1 aliphatic rings. The number of guanidine groups is 1. The summed E-state index contributed by atoms with van der Waals surface area (Å²) in [6.07, 6.45) is 5.95. The van der Waals surface area contributed by atoms with Gasteiger partial charge in [0.1, 0.15) is 0 Å². The molecular weight excluding hydrogens is 447 g/mol. The zero-order chi connectivity index (χ0) is 18.1. The summed E-state index contributed by atoms with van der Waals surface area (Å²) in [5.41, 5.74) is 1.02. The summed E-state index contributed by atoms with van der Waals surface area (Å²) in [6.45, 7) is 1.97. The number of benzene rings is 1. The third-order valence-electron chi connectivity index (χ3n) is 4.99. The van der Waals surface area contributed by atoms with Crippen LogP contribution in [0.3, 0.4) is 0 Å². The number of hydrogen-bond acceptors (Lipinski definition) is 4. The zero-order valence-corrected chi connectivity index (χ0v) is 17.8. The first kappa shape index (κ1) is 22.6. The van der Waals surface area contributed by atoms with Crippen molar-refractivity contribution in [3.8, 4) is 0 Å². The molecule has 2 rings (SSSR count). The Morgan fingerprint density at radius 3 is 2.62 bits per heavy atom. The lowest BCUT2D eigenvalue weighted by Gasteiger charge is -2.29. The fourth-order valence-electron chi connectivity index (χ4n) is 3.47. The minimum atomic E-state index is -0.356. The monoisotopic (exact) mass is 476 g/mol. The molecule has 0 amide bonds. The van der Waals surface area contributed by atoms with Crippen LogP contribution in [0.15, 0.2) is 29.3 Å². The molecule has 0 radical (unpaired) electrons. The van der Waals surface area contributed by atoms with Crippen molar-refractivity contribution in [2.24, 2.45) is 10.4 Å². The highest BCUT2D eigenvalue weighted by Gasteiger charge is 2.33. The van der Waals surface area contributed by atoms with Crippen LogP contribution in [0.4, 0.5) is 5.69 Å². The first-order valence-corrected chi connectivity index (χ1v) is 8.76. The van der Waals surface area contributed by atoms with E-state index >= 15 is 0 Å². The van der Waals surface area contributed by atoms with Crippen LogP contribution in [0.1, 0.15) is 37.7 Å². The number of nitrogens with one attached hydrogen (secondary N) is 2. The molecule has 146 valence electrons. The number of aliphatic imine (C=N–C) groups is 1. The number of para-hydroxylation sites is 1. The van der Waals surface area contributed by atoms with E-state index in [2.05, 4.69) is 15.6 Å². The second-order valence-electron chi connectivity index (χ2n) is 6.62. The van der Waals surface area contributed by atoms with Gasteiger partial charge in [-0.25, -0.2) is 0 Å². The van der Waals surface area contributed by atoms with Gasteiger partial charge in [-0.2, -0.15) is 0 Å². The summed E-state index contributed by atoms with van der Waals surface area (Å²) in [5.74, 6) is 0.668. The molecule has 0 spiro atoms. The van der Waals surface area contributed by atoms with Gasteiger partial charge in [0, 0.05) is 45.5 Å². The van der Waals surface area contributed by atoms with Gasteiger partial charge in [0.05, 0.1) is 4.92 Å². The van der Waals surface area contributed by atoms with Crippen LogP contribution in [0.5, 0.6) is 0 Å². The second kappa shape index (κ2) is 11.3. The average molecular weight is 476 g/mol. The Hall–Kier alpha value is -1.42. The van der Waals surface area contributed by atoms with E-state index in [0.717, 1.165) is 19.6 Å². The number of methoxy groups -OCH3 is 1. The molecule has 26 heavy (non-hydrogen) atoms. The van der Waals surface area contributed by atoms with E-state index in [4.69, 9.17) is 4.74 Å². The second-order valence-corrected chi connectivity index (χ2v) is 6.62. The van der Waals surface area contributed by atoms with Crippen molar-refractivity contribution in [1.82, 2.24) is 10.6 Å². The van der Waals surface area contributed by atoms with Crippen LogP contribution < -0.4 is 10.6 Å². The van der Waals surface area contributed by atoms with E-state index in [9.17, 15) is 10.1 Å². The molecule has 1 aliphatic carbocycles. The van der Waals surface area contributed by atoms with E-state index in [1.54, 1.807) is 32.4 Å². The van der Waals surface area contributed by atoms with Crippen LogP contribution in [0, 0.1) is 15.5 Å². The quantitative estimate of drug-likeness (QED) is 0.197. The molecule has 0 atom stereocenters. The summed E-state index contributed by atoms with van der Waals surface area (Å²) in [5, 5.41) is 17.7. The van der Waals surface area contributed by atoms with Crippen LogP contribution in [0.2, 0.25) is 0 Å². The van der Waals surface area contributed by atoms with Gasteiger partial charge >= 0.3 is 0 Å². The number of rotatable bonds is 8. The maximum atomic E-state index is 11.1. The first-order chi connectivity index (χ1) is 12.1. The number of nitro benzene ring substituents is 1. The SMILES string of the molecule is CN=C(NCc1ccccc1[N+](=O)[O-])NCC1(CCOC)CCCC1.I. The molecule has 0 unspecified atom stereocenters. The molecule has 0 aromatic heterocycles. The molecular formula is C18H29IN4O3. The number of nitro groups is 1. The van der Waals surface area contributed by atoms with Gasteiger partial charge < -0.3 is 15.4 Å². The van der Waals surface area contributed by atoms with Gasteiger partial charge in [-0.05, 0) is 24.7 Å². The predicted octanol–water partition coefficient (Wildman–Crippen LogP) is 3.47. The van der Waals surface area contributed by atoms with Crippen molar-refractivity contribution < 1.29 is 9.66 Å². The summed E-state index contributed by atoms with van der Waals surface area (Å²) in [4.78, 5) is 15.0. The standard InChI is InChI=1S/C18H28N4O3.HI/c1-19-17(20-13-15-7-3-4-8-16(15)22(23)24)21-14-18(11-12-25-2)9-5-6-10-18;/h3-4,7-8H,5-6,9-14H2,1-2H3,(H2,19,20,21);1H. The maximum Gasteiger partial charge on any atom is 0.274 e. The van der Waals surface area contributed by atoms with Crippen LogP contribution >= 0.6 is 24.0 Å². The van der Waals surface area contributed by atoms with Gasteiger partial charge in [-0.15, -0.1) is 24.0 Å². The van der Waals surface area contributed by atoms with E-state index in [1.807, 2.05) is 0 Å². The Balaban J connectivity index is 0.00000338. The molecule has 1 saturated carbocycles. The van der Waals surface area contributed by atoms with Crippen molar-refractivity contribution in [2.45, 2.75) is 38.6 Å². The molecule has 1 fully saturated rings. The summed E-state index contributed by atoms with van der Waals surface area (Å²) in [7, 11) is 3.45. The molecule has 0 heterocycles. The van der Waals surface area contributed by atoms with Crippen LogP contribution in [-0.4, -0.2) is 38.2 Å². The molecule has 8 heteroatoms. The highest BCUT2D eigenvalue weighted by molar-refractivity contribution is 14.0. The van der Waals surface area contributed by atoms with Gasteiger partial charge in [-0.3, -0.25) is 15.1 Å². The van der Waals surface area contributed by atoms with E-state index in [0.29, 0.717) is 18.1 Å². The minimum Gasteiger partial charge on any atom is -0.385 e. The average Bonchev–Trinajstić information content (AvgIpc) is 3.09. The zero-order valence-electron chi connectivity index (χ0n) is 15.5. The fourth-order valence-corrected chi connectivity index (χ4v) is 3.47. The molecule has 2 N–H and O–H groups in total. The van der Waals surface area contributed by atoms with E-state index < -0.39 is 0 Å². The third kappa shape index (κ3) is 6.39. The van der Waals surface area contributed by atoms with Crippen LogP contribution in [0.25, 0.3) is 0 Å². The highest BCUT2D eigenvalue weighted by Crippen LogP contribution is 2.40. The van der Waals surface area contributed by atoms with Gasteiger partial charge in [-0.1, -0.05) is 31.0 Å². The molecule has 1 aromatic carbocycles. The third-order valence-corrected chi connectivity index (χ3v) is 4.99. The predicted molar refractivity (Wildman–Crippen MR) is 114 cm³/mol. The Morgan fingerprint density at radius 1 is 1.31 bits per heavy atom. The van der Waals surface area contributed by atoms with Gasteiger partial charge in [0.2, 0.25) is 0 Å². The summed E-state index contributed by atoms with van der Waals surface area (Å²) >= 11 is 0. The lowest BCUT2D eigenvalue weighted by molar-refractivity contribution is -0.385. The molecule has 7 nitrogen and oxygen atoms in total. The van der Waals surface area contributed by atoms with Gasteiger partial charge in [0.25, 0.3) is 5.69 Å². The fraction of sp³-hybridized carbons (Fsp3) is 0.611. The largest absolute Gasteiger partial charge is 0.385 e. The molecule has 0 aliphatic heterocycles. The Kier molecular flexibility index (Phi) is 9.85. The van der Waals surface area contributed by atoms with Crippen molar-refractivity contribution in [2.75, 3.05) is 27.3 Å². The number of hydrogen-bond donors (Lipinski definition) is 2. The van der Waals surface area contributed by atoms with Crippen molar-refractivity contribution in [3.05, 3.63) is 39.9 Å². The first-order valence-electron chi connectivity index (χ1n) is 8.76. The number of nitrogens with zero attached hydrogens (tertiary/aromatic N) is 2. The lowest BCUT2D eigenvalue weighted by atomic mass is 9.83. The topological polar surface area (TPSA) is 88.8 Å². The summed E-state index contributed by atoms with van der Waals surface area (Å²) < 4.78 is 5.27. The maximum absolute atomic E-state index is 11.1. The van der Waals surface area contributed by atoms with E-state index in [1.165, 1.54) is 31.7 Å². The van der Waals surface area contributed by atoms with E-state index in [-0.39, 0.29) is 40.0 Å². The Bertz CT molecular complexity index is 604. The molecule has 0 bridgehead atoms. The highest BCUT2D eigenvalue weighted by atomic mass is 127. The van der Waals surface area contributed by atoms with Crippen molar-refractivity contribution in [3.63, 3.8) is 0 Å². The van der Waals surface area contributed by atoms with Gasteiger partial charge in [0.15, 0.2) is 5.96 Å². The lowest BCUT2D eigenvalue weighted by Crippen LogP contribution is -2.43. The smallest absolute Gasteiger partial charge is 0.274 e. The minimum absolute atomic E-state index is 0. The normalized spacial score (nSPS) is 16.0. The molecule has 0 saturated heterocycles. The van der Waals surface area contributed by atoms with Crippen LogP contribution in [-0.2, 0) is 11.3 Å². The number of halogens is 1. The molecule has 1 aromatic rings. The van der Waals surface area contributed by atoms with Crippen molar-refractivity contribution in [1.29, 1.82) is 0 Å². The number of ether oxygens (including phenoxy) is 1. The van der Waals surface area contributed by atoms with Crippen molar-refractivity contribution >= 4 is 35.6 Å². The summed E-state index contributed by atoms with van der Waals surface area (Å²) in [6, 6.07) is 6.76. The Morgan fingerprint density at radius 2 is 2.00 bits per heavy atom. The Labute approximate surface area is 172 Å².